The predicted octanol–water partition coefficient (Wildman–Crippen LogP) is 4.24. The normalized spacial score (nSPS) is 8.70. The second-order valence-electron chi connectivity index (χ2n) is 4.42. The van der Waals surface area contributed by atoms with Gasteiger partial charge >= 0.3 is 8.25 Å². The summed E-state index contributed by atoms with van der Waals surface area (Å²) in [6.45, 7) is 8.48. The Morgan fingerprint density at radius 2 is 0.800 bits per heavy atom. The third kappa shape index (κ3) is 9.40. The molecule has 0 aliphatic heterocycles. The van der Waals surface area contributed by atoms with E-state index in [-0.39, 0.29) is 0 Å². The highest BCUT2D eigenvalue weighted by Crippen LogP contribution is 2.03. The fourth-order valence-electron chi connectivity index (χ4n) is 1.33. The van der Waals surface area contributed by atoms with Crippen molar-refractivity contribution in [1.82, 2.24) is 0 Å². The lowest BCUT2D eigenvalue weighted by molar-refractivity contribution is 0.405. The number of hydrogen-bond acceptors (Lipinski definition) is 1. The van der Waals surface area contributed by atoms with Gasteiger partial charge in [-0.2, -0.15) is 0 Å². The van der Waals surface area contributed by atoms with Gasteiger partial charge in [-0.1, -0.05) is 48.5 Å². The molecular formula is C16H22O3P+. The highest BCUT2D eigenvalue weighted by molar-refractivity contribution is 7.30. The van der Waals surface area contributed by atoms with E-state index in [0.29, 0.717) is 0 Å². The van der Waals surface area contributed by atoms with Crippen molar-refractivity contribution in [3.05, 3.63) is 70.8 Å². The fourth-order valence-corrected chi connectivity index (χ4v) is 1.33. The molecule has 0 heterocycles. The van der Waals surface area contributed by atoms with Crippen molar-refractivity contribution >= 4 is 8.25 Å². The Morgan fingerprint density at radius 1 is 0.650 bits per heavy atom. The molecule has 0 spiro atoms. The largest absolute Gasteiger partial charge is 0.692 e. The van der Waals surface area contributed by atoms with Gasteiger partial charge in [0.2, 0.25) is 0 Å². The topological polar surface area (TPSA) is 57.5 Å². The van der Waals surface area contributed by atoms with E-state index in [0.717, 1.165) is 0 Å². The lowest BCUT2D eigenvalue weighted by Crippen LogP contribution is -1.74. The van der Waals surface area contributed by atoms with Gasteiger partial charge in [0.15, 0.2) is 0 Å². The highest BCUT2D eigenvalue weighted by atomic mass is 31.1. The summed E-state index contributed by atoms with van der Waals surface area (Å²) in [7, 11) is -2.87. The minimum absolute atomic E-state index is 1.37. The number of benzene rings is 2. The van der Waals surface area contributed by atoms with Crippen LogP contribution in [0, 0.1) is 27.7 Å². The van der Waals surface area contributed by atoms with Crippen LogP contribution in [0.2, 0.25) is 0 Å². The molecule has 20 heavy (non-hydrogen) atoms. The van der Waals surface area contributed by atoms with E-state index >= 15 is 0 Å². The summed E-state index contributed by atoms with van der Waals surface area (Å²) in [5.41, 5.74) is 5.47. The van der Waals surface area contributed by atoms with Crippen molar-refractivity contribution in [3.63, 3.8) is 0 Å². The Bertz CT molecular complexity index is 449. The molecule has 0 fully saturated rings. The monoisotopic (exact) mass is 293 g/mol. The van der Waals surface area contributed by atoms with Crippen LogP contribution in [0.5, 0.6) is 0 Å². The van der Waals surface area contributed by atoms with Gasteiger partial charge in [-0.3, -0.25) is 0 Å². The summed E-state index contributed by atoms with van der Waals surface area (Å²) in [4.78, 5) is 14.2. The molecule has 2 aromatic rings. The predicted molar refractivity (Wildman–Crippen MR) is 83.9 cm³/mol. The van der Waals surface area contributed by atoms with Crippen LogP contribution in [-0.2, 0) is 4.57 Å². The summed E-state index contributed by atoms with van der Waals surface area (Å²) in [6.07, 6.45) is 0. The molecule has 0 aliphatic carbocycles. The molecule has 0 aromatic heterocycles. The molecule has 108 valence electrons. The van der Waals surface area contributed by atoms with E-state index in [4.69, 9.17) is 14.4 Å². The molecule has 2 rings (SSSR count). The summed E-state index contributed by atoms with van der Waals surface area (Å²) >= 11 is 0. The smallest absolute Gasteiger partial charge is 0.134 e. The van der Waals surface area contributed by atoms with E-state index < -0.39 is 8.25 Å². The highest BCUT2D eigenvalue weighted by Gasteiger charge is 1.93. The summed E-state index contributed by atoms with van der Waals surface area (Å²) in [5.74, 6) is 0. The van der Waals surface area contributed by atoms with Crippen LogP contribution in [0.3, 0.4) is 0 Å². The van der Waals surface area contributed by atoms with Gasteiger partial charge in [0.1, 0.15) is 0 Å². The van der Waals surface area contributed by atoms with Gasteiger partial charge in [-0.15, -0.1) is 9.79 Å². The van der Waals surface area contributed by atoms with E-state index in [1.54, 1.807) is 0 Å². The van der Waals surface area contributed by atoms with E-state index in [1.165, 1.54) is 22.3 Å². The van der Waals surface area contributed by atoms with Gasteiger partial charge < -0.3 is 0 Å². The second kappa shape index (κ2) is 10.3. The fraction of sp³-hybridized carbons (Fsp3) is 0.250. The molecule has 3 nitrogen and oxygen atoms in total. The Balaban J connectivity index is 0.000000289. The first-order valence-electron chi connectivity index (χ1n) is 6.24. The molecule has 0 radical (unpaired) electrons. The molecule has 0 amide bonds. The van der Waals surface area contributed by atoms with Crippen molar-refractivity contribution in [2.24, 2.45) is 0 Å². The van der Waals surface area contributed by atoms with Crippen LogP contribution in [0.4, 0.5) is 0 Å². The van der Waals surface area contributed by atoms with Crippen LogP contribution in [0.15, 0.2) is 48.5 Å². The molecule has 2 aromatic carbocycles. The minimum Gasteiger partial charge on any atom is -0.134 e. The lowest BCUT2D eigenvalue weighted by Gasteiger charge is -1.93. The van der Waals surface area contributed by atoms with Crippen molar-refractivity contribution < 1.29 is 14.4 Å². The average molecular weight is 293 g/mol. The molecule has 0 saturated carbocycles. The first kappa shape index (κ1) is 18.5. The van der Waals surface area contributed by atoms with Crippen LogP contribution >= 0.6 is 8.25 Å². The zero-order valence-electron chi connectivity index (χ0n) is 12.4. The third-order valence-corrected chi connectivity index (χ3v) is 2.85. The lowest BCUT2D eigenvalue weighted by atomic mass is 10.1. The first-order valence-corrected chi connectivity index (χ1v) is 7.40. The van der Waals surface area contributed by atoms with Crippen LogP contribution in [0.25, 0.3) is 0 Å². The Labute approximate surface area is 121 Å². The Hall–Kier alpha value is -1.54. The van der Waals surface area contributed by atoms with Gasteiger partial charge in [0, 0.05) is 4.57 Å². The molecular weight excluding hydrogens is 271 g/mol. The van der Waals surface area contributed by atoms with E-state index in [2.05, 4.69) is 76.2 Å². The molecule has 0 unspecified atom stereocenters. The standard InChI is InChI=1S/2C8H10.HO3P/c2*1-7-5-3-4-6-8(7)2;1-4(2)3/h2*3-6H,1-2H3;(H-,1,2,3)/p+1. The zero-order valence-corrected chi connectivity index (χ0v) is 13.3. The Kier molecular flexibility index (Phi) is 9.48. The SMILES string of the molecule is Cc1ccccc1C.Cc1ccccc1C.O=[P+](O)O. The van der Waals surface area contributed by atoms with Crippen LogP contribution in [0.1, 0.15) is 22.3 Å². The van der Waals surface area contributed by atoms with Crippen molar-refractivity contribution in [2.75, 3.05) is 0 Å². The van der Waals surface area contributed by atoms with E-state index in [1.807, 2.05) is 0 Å². The van der Waals surface area contributed by atoms with Gasteiger partial charge in [-0.05, 0) is 49.9 Å². The molecule has 0 atom stereocenters. The Morgan fingerprint density at radius 3 is 0.900 bits per heavy atom. The maximum atomic E-state index is 8.70. The van der Waals surface area contributed by atoms with Gasteiger partial charge in [0.25, 0.3) is 0 Å². The summed E-state index contributed by atoms with van der Waals surface area (Å²) in [6, 6.07) is 16.7. The maximum Gasteiger partial charge on any atom is 0.692 e. The van der Waals surface area contributed by atoms with Crippen LogP contribution < -0.4 is 0 Å². The molecule has 0 bridgehead atoms. The van der Waals surface area contributed by atoms with Crippen LogP contribution in [-0.4, -0.2) is 9.79 Å². The number of hydrogen-bond donors (Lipinski definition) is 2. The second-order valence-corrected chi connectivity index (χ2v) is 4.93. The third-order valence-electron chi connectivity index (χ3n) is 2.85. The van der Waals surface area contributed by atoms with Gasteiger partial charge in [0.05, 0.1) is 0 Å². The summed E-state index contributed by atoms with van der Waals surface area (Å²) < 4.78 is 8.70. The maximum absolute atomic E-state index is 8.70. The number of rotatable bonds is 0. The number of aryl methyl sites for hydroxylation is 4. The van der Waals surface area contributed by atoms with Gasteiger partial charge in [-0.25, -0.2) is 0 Å². The minimum atomic E-state index is -2.87. The average Bonchev–Trinajstić information content (AvgIpc) is 2.37. The van der Waals surface area contributed by atoms with E-state index in [9.17, 15) is 0 Å². The first-order chi connectivity index (χ1) is 9.34. The van der Waals surface area contributed by atoms with Crippen molar-refractivity contribution in [1.29, 1.82) is 0 Å². The molecule has 2 N–H and O–H groups in total. The quantitative estimate of drug-likeness (QED) is 0.714. The molecule has 0 aliphatic rings. The molecule has 0 saturated heterocycles. The summed E-state index contributed by atoms with van der Waals surface area (Å²) in [5, 5.41) is 0. The zero-order chi connectivity index (χ0) is 15.5. The van der Waals surface area contributed by atoms with Crippen molar-refractivity contribution in [2.45, 2.75) is 27.7 Å². The molecule has 4 heteroatoms. The van der Waals surface area contributed by atoms with Crippen molar-refractivity contribution in [3.8, 4) is 0 Å².